The van der Waals surface area contributed by atoms with Crippen LogP contribution in [0.25, 0.3) is 0 Å². The summed E-state index contributed by atoms with van der Waals surface area (Å²) in [5.41, 5.74) is -0.506. The molecule has 134 valence electrons. The van der Waals surface area contributed by atoms with Gasteiger partial charge in [-0.15, -0.1) is 11.3 Å². The number of nitrogens with zero attached hydrogens (tertiary/aromatic N) is 3. The van der Waals surface area contributed by atoms with E-state index < -0.39 is 5.41 Å². The highest BCUT2D eigenvalue weighted by molar-refractivity contribution is 7.14. The summed E-state index contributed by atoms with van der Waals surface area (Å²) in [7, 11) is 1.67. The molecule has 2 heterocycles. The van der Waals surface area contributed by atoms with E-state index in [0.717, 1.165) is 38.7 Å². The number of piperazine rings is 1. The van der Waals surface area contributed by atoms with E-state index in [9.17, 15) is 4.79 Å². The molecule has 24 heavy (non-hydrogen) atoms. The first-order valence-electron chi connectivity index (χ1n) is 8.52. The molecular weight excluding hydrogens is 322 g/mol. The standard InChI is InChI=1S/C17H29N5OS/c1-5-19-16(20-13-17(2,3)15(23)18-4)22-10-8-21(9-11-22)14-7-6-12-24-14/h6-7,12H,5,8-11,13H2,1-4H3,(H,18,23)(H,19,20). The third kappa shape index (κ3) is 4.63. The highest BCUT2D eigenvalue weighted by Crippen LogP contribution is 2.22. The van der Waals surface area contributed by atoms with Crippen LogP contribution in [0.15, 0.2) is 22.5 Å². The molecule has 1 aromatic rings. The summed E-state index contributed by atoms with van der Waals surface area (Å²) in [6.07, 6.45) is 0. The van der Waals surface area contributed by atoms with E-state index in [2.05, 4.69) is 44.9 Å². The lowest BCUT2D eigenvalue weighted by molar-refractivity contribution is -0.128. The Morgan fingerprint density at radius 2 is 2.04 bits per heavy atom. The first-order chi connectivity index (χ1) is 11.5. The second-order valence-electron chi connectivity index (χ2n) is 6.56. The van der Waals surface area contributed by atoms with Gasteiger partial charge in [0.05, 0.1) is 17.0 Å². The average Bonchev–Trinajstić information content (AvgIpc) is 3.12. The highest BCUT2D eigenvalue weighted by Gasteiger charge is 2.27. The van der Waals surface area contributed by atoms with Gasteiger partial charge in [-0.3, -0.25) is 9.79 Å². The molecule has 0 unspecified atom stereocenters. The first-order valence-corrected chi connectivity index (χ1v) is 9.40. The zero-order valence-corrected chi connectivity index (χ0v) is 15.9. The van der Waals surface area contributed by atoms with E-state index in [1.165, 1.54) is 5.00 Å². The third-order valence-corrected chi connectivity index (χ3v) is 5.13. The molecule has 0 aliphatic carbocycles. The number of aliphatic imine (C=N–C) groups is 1. The molecule has 1 amide bonds. The molecular formula is C17H29N5OS. The number of hydrogen-bond acceptors (Lipinski definition) is 4. The minimum atomic E-state index is -0.506. The lowest BCUT2D eigenvalue weighted by Crippen LogP contribution is -2.52. The molecule has 0 aromatic carbocycles. The van der Waals surface area contributed by atoms with Crippen molar-refractivity contribution >= 4 is 28.2 Å². The number of nitrogens with one attached hydrogen (secondary N) is 2. The predicted molar refractivity (Wildman–Crippen MR) is 102 cm³/mol. The summed E-state index contributed by atoms with van der Waals surface area (Å²) in [4.78, 5) is 21.4. The van der Waals surface area contributed by atoms with Gasteiger partial charge in [-0.1, -0.05) is 0 Å². The number of thiophene rings is 1. The van der Waals surface area contributed by atoms with Crippen molar-refractivity contribution in [2.45, 2.75) is 20.8 Å². The molecule has 2 rings (SSSR count). The molecule has 0 atom stereocenters. The predicted octanol–water partition coefficient (Wildman–Crippen LogP) is 1.61. The fourth-order valence-corrected chi connectivity index (χ4v) is 3.48. The van der Waals surface area contributed by atoms with Crippen molar-refractivity contribution in [1.82, 2.24) is 15.5 Å². The molecule has 0 bridgehead atoms. The quantitative estimate of drug-likeness (QED) is 0.625. The largest absolute Gasteiger partial charge is 0.360 e. The second-order valence-corrected chi connectivity index (χ2v) is 7.48. The summed E-state index contributed by atoms with van der Waals surface area (Å²) in [6.45, 7) is 11.1. The van der Waals surface area contributed by atoms with E-state index in [-0.39, 0.29) is 5.91 Å². The van der Waals surface area contributed by atoms with Gasteiger partial charge in [0.15, 0.2) is 5.96 Å². The topological polar surface area (TPSA) is 60.0 Å². The lowest BCUT2D eigenvalue weighted by Gasteiger charge is -2.37. The van der Waals surface area contributed by atoms with Crippen LogP contribution in [-0.2, 0) is 4.79 Å². The second kappa shape index (κ2) is 8.37. The van der Waals surface area contributed by atoms with Crippen LogP contribution in [0.1, 0.15) is 20.8 Å². The highest BCUT2D eigenvalue weighted by atomic mass is 32.1. The molecule has 1 fully saturated rings. The Labute approximate surface area is 148 Å². The Morgan fingerprint density at radius 1 is 1.33 bits per heavy atom. The molecule has 0 radical (unpaired) electrons. The fraction of sp³-hybridized carbons (Fsp3) is 0.647. The van der Waals surface area contributed by atoms with Crippen LogP contribution in [0.5, 0.6) is 0 Å². The molecule has 1 aromatic heterocycles. The molecule has 6 nitrogen and oxygen atoms in total. The summed E-state index contributed by atoms with van der Waals surface area (Å²) >= 11 is 1.79. The average molecular weight is 352 g/mol. The van der Waals surface area contributed by atoms with Crippen LogP contribution in [0.2, 0.25) is 0 Å². The number of carbonyl (C=O) groups excluding carboxylic acids is 1. The van der Waals surface area contributed by atoms with Crippen molar-refractivity contribution in [1.29, 1.82) is 0 Å². The Bertz CT molecular complexity index is 547. The van der Waals surface area contributed by atoms with Crippen molar-refractivity contribution in [2.75, 3.05) is 51.2 Å². The van der Waals surface area contributed by atoms with Gasteiger partial charge in [0, 0.05) is 39.8 Å². The molecule has 1 saturated heterocycles. The van der Waals surface area contributed by atoms with Gasteiger partial charge in [-0.2, -0.15) is 0 Å². The van der Waals surface area contributed by atoms with Crippen molar-refractivity contribution in [3.05, 3.63) is 17.5 Å². The monoisotopic (exact) mass is 351 g/mol. The lowest BCUT2D eigenvalue weighted by atomic mass is 9.93. The van der Waals surface area contributed by atoms with Crippen LogP contribution in [0.4, 0.5) is 5.00 Å². The summed E-state index contributed by atoms with van der Waals surface area (Å²) in [5, 5.41) is 9.52. The minimum Gasteiger partial charge on any atom is -0.360 e. The van der Waals surface area contributed by atoms with Gasteiger partial charge in [-0.05, 0) is 38.3 Å². The van der Waals surface area contributed by atoms with Crippen LogP contribution in [0.3, 0.4) is 0 Å². The minimum absolute atomic E-state index is 0.0182. The van der Waals surface area contributed by atoms with Crippen LogP contribution in [-0.4, -0.2) is 63.1 Å². The van der Waals surface area contributed by atoms with E-state index in [4.69, 9.17) is 4.99 Å². The normalized spacial score (nSPS) is 16.2. The van der Waals surface area contributed by atoms with E-state index in [1.807, 2.05) is 13.8 Å². The maximum absolute atomic E-state index is 11.9. The van der Waals surface area contributed by atoms with Gasteiger partial charge in [0.25, 0.3) is 0 Å². The first kappa shape index (κ1) is 18.6. The maximum atomic E-state index is 11.9. The molecule has 7 heteroatoms. The smallest absolute Gasteiger partial charge is 0.227 e. The Hall–Kier alpha value is -1.76. The summed E-state index contributed by atoms with van der Waals surface area (Å²) in [5.74, 6) is 0.921. The zero-order chi connectivity index (χ0) is 17.6. The Balaban J connectivity index is 1.98. The zero-order valence-electron chi connectivity index (χ0n) is 15.1. The molecule has 1 aliphatic rings. The Kier molecular flexibility index (Phi) is 6.48. The van der Waals surface area contributed by atoms with Crippen LogP contribution >= 0.6 is 11.3 Å². The van der Waals surface area contributed by atoms with Gasteiger partial charge >= 0.3 is 0 Å². The number of rotatable bonds is 5. The number of hydrogen-bond donors (Lipinski definition) is 2. The Morgan fingerprint density at radius 3 is 2.58 bits per heavy atom. The summed E-state index contributed by atoms with van der Waals surface area (Å²) in [6, 6.07) is 4.27. The van der Waals surface area contributed by atoms with Crippen molar-refractivity contribution in [2.24, 2.45) is 10.4 Å². The van der Waals surface area contributed by atoms with Gasteiger partial charge in [0.2, 0.25) is 5.91 Å². The fourth-order valence-electron chi connectivity index (χ4n) is 2.70. The van der Waals surface area contributed by atoms with Crippen LogP contribution in [0, 0.1) is 5.41 Å². The SMILES string of the molecule is CCNC(=NCC(C)(C)C(=O)NC)N1CCN(c2cccs2)CC1. The van der Waals surface area contributed by atoms with Crippen molar-refractivity contribution in [3.8, 4) is 0 Å². The number of amides is 1. The molecule has 0 spiro atoms. The van der Waals surface area contributed by atoms with Crippen molar-refractivity contribution in [3.63, 3.8) is 0 Å². The third-order valence-electron chi connectivity index (χ3n) is 4.20. The van der Waals surface area contributed by atoms with E-state index in [1.54, 1.807) is 18.4 Å². The van der Waals surface area contributed by atoms with Gasteiger partial charge < -0.3 is 20.4 Å². The number of anilines is 1. The van der Waals surface area contributed by atoms with E-state index >= 15 is 0 Å². The van der Waals surface area contributed by atoms with Crippen molar-refractivity contribution < 1.29 is 4.79 Å². The number of guanidine groups is 1. The molecule has 2 N–H and O–H groups in total. The maximum Gasteiger partial charge on any atom is 0.227 e. The summed E-state index contributed by atoms with van der Waals surface area (Å²) < 4.78 is 0. The number of carbonyl (C=O) groups is 1. The molecule has 1 aliphatic heterocycles. The van der Waals surface area contributed by atoms with Gasteiger partial charge in [0.1, 0.15) is 0 Å². The van der Waals surface area contributed by atoms with E-state index in [0.29, 0.717) is 6.54 Å². The van der Waals surface area contributed by atoms with Gasteiger partial charge in [-0.25, -0.2) is 0 Å². The molecule has 0 saturated carbocycles. The van der Waals surface area contributed by atoms with Crippen LogP contribution < -0.4 is 15.5 Å².